The molecule has 2 aromatic carbocycles. The van der Waals surface area contributed by atoms with Crippen LogP contribution in [-0.4, -0.2) is 36.7 Å². The van der Waals surface area contributed by atoms with Gasteiger partial charge in [-0.1, -0.05) is 19.1 Å². The van der Waals surface area contributed by atoms with Crippen molar-refractivity contribution >= 4 is 5.97 Å². The molecular weight excluding hydrogens is 572 g/mol. The lowest BCUT2D eigenvalue weighted by Crippen LogP contribution is -2.58. The van der Waals surface area contributed by atoms with Gasteiger partial charge in [-0.15, -0.1) is 0 Å². The van der Waals surface area contributed by atoms with Gasteiger partial charge in [0.15, 0.2) is 0 Å². The van der Waals surface area contributed by atoms with Crippen LogP contribution in [0.2, 0.25) is 0 Å². The molecule has 2 aliphatic carbocycles. The van der Waals surface area contributed by atoms with E-state index in [0.717, 1.165) is 55.4 Å². The van der Waals surface area contributed by atoms with Crippen LogP contribution in [0, 0.1) is 23.7 Å². The standard InChI is InChI=1S/C33H37F6NO3/c1-18(30(41)42-3)29(21-5-6-21)22-7-4-20-12-13-31(43-28(20)14-22)24-8-9-25(31)17-40(16-24)19(2)26-15-23(32(34,35)36)10-11-27(26)33(37,38)39/h4,7,10-11,14-15,18-19,21,24-25,29H,5-6,8-9,12-13,16-17H2,1-3H3/t18-,19+,24-,25+,29-,31?/m0/s1. The fourth-order valence-electron chi connectivity index (χ4n) is 8.21. The van der Waals surface area contributed by atoms with E-state index in [1.807, 2.05) is 11.8 Å². The molecule has 43 heavy (non-hydrogen) atoms. The summed E-state index contributed by atoms with van der Waals surface area (Å²) >= 11 is 0. The molecule has 10 heteroatoms. The van der Waals surface area contributed by atoms with E-state index in [9.17, 15) is 31.1 Å². The van der Waals surface area contributed by atoms with Gasteiger partial charge in [-0.05, 0) is 98.2 Å². The molecule has 0 radical (unpaired) electrons. The second-order valence-electron chi connectivity index (χ2n) is 13.0. The maximum atomic E-state index is 13.9. The van der Waals surface area contributed by atoms with Crippen LogP contribution in [0.1, 0.15) is 85.7 Å². The Labute approximate surface area is 247 Å². The number of aryl methyl sites for hydroxylation is 1. The number of piperidine rings is 1. The van der Waals surface area contributed by atoms with Crippen LogP contribution in [0.5, 0.6) is 5.75 Å². The first-order valence-corrected chi connectivity index (χ1v) is 15.1. The third kappa shape index (κ3) is 5.42. The quantitative estimate of drug-likeness (QED) is 0.245. The number of likely N-dealkylation sites (tertiary alicyclic amines) is 1. The normalized spacial score (nSPS) is 27.7. The zero-order valence-corrected chi connectivity index (χ0v) is 24.5. The van der Waals surface area contributed by atoms with E-state index in [0.29, 0.717) is 37.2 Å². The van der Waals surface area contributed by atoms with Gasteiger partial charge >= 0.3 is 18.3 Å². The fraction of sp³-hybridized carbons (Fsp3) is 0.606. The molecule has 6 rings (SSSR count). The van der Waals surface area contributed by atoms with Gasteiger partial charge in [-0.2, -0.15) is 26.3 Å². The van der Waals surface area contributed by atoms with Crippen LogP contribution in [0.3, 0.4) is 0 Å². The number of hydrogen-bond donors (Lipinski definition) is 0. The molecule has 2 saturated carbocycles. The Morgan fingerprint density at radius 3 is 2.21 bits per heavy atom. The zero-order valence-electron chi connectivity index (χ0n) is 24.5. The first-order valence-electron chi connectivity index (χ1n) is 15.1. The Balaban J connectivity index is 1.26. The van der Waals surface area contributed by atoms with Crippen molar-refractivity contribution in [2.24, 2.45) is 23.7 Å². The monoisotopic (exact) mass is 609 g/mol. The van der Waals surface area contributed by atoms with E-state index in [2.05, 4.69) is 18.2 Å². The van der Waals surface area contributed by atoms with Crippen molar-refractivity contribution in [2.75, 3.05) is 20.2 Å². The Bertz CT molecular complexity index is 1370. The first kappa shape index (κ1) is 30.3. The third-order valence-electron chi connectivity index (χ3n) is 10.6. The van der Waals surface area contributed by atoms with Crippen LogP contribution in [0.4, 0.5) is 26.3 Å². The number of halogens is 6. The van der Waals surface area contributed by atoms with E-state index < -0.39 is 35.1 Å². The minimum atomic E-state index is -4.76. The molecule has 2 bridgehead atoms. The molecule has 0 N–H and O–H groups in total. The Hall–Kier alpha value is -2.75. The molecule has 6 atom stereocenters. The number of carbonyl (C=O) groups excluding carboxylic acids is 1. The highest BCUT2D eigenvalue weighted by Gasteiger charge is 2.57. The second-order valence-corrected chi connectivity index (χ2v) is 13.0. The summed E-state index contributed by atoms with van der Waals surface area (Å²) in [7, 11) is 1.41. The summed E-state index contributed by atoms with van der Waals surface area (Å²) < 4.78 is 94.1. The lowest BCUT2D eigenvalue weighted by atomic mass is 9.73. The van der Waals surface area contributed by atoms with Crippen LogP contribution in [0.15, 0.2) is 36.4 Å². The van der Waals surface area contributed by atoms with Crippen LogP contribution in [0.25, 0.3) is 0 Å². The van der Waals surface area contributed by atoms with Gasteiger partial charge in [-0.3, -0.25) is 9.69 Å². The lowest BCUT2D eigenvalue weighted by Gasteiger charge is -2.51. The maximum Gasteiger partial charge on any atom is 0.416 e. The average Bonchev–Trinajstić information content (AvgIpc) is 3.78. The Morgan fingerprint density at radius 1 is 0.953 bits per heavy atom. The molecule has 234 valence electrons. The molecular formula is C33H37F6NO3. The average molecular weight is 610 g/mol. The summed E-state index contributed by atoms with van der Waals surface area (Å²) in [6, 6.07) is 7.14. The van der Waals surface area contributed by atoms with Crippen LogP contribution >= 0.6 is 0 Å². The van der Waals surface area contributed by atoms with Gasteiger partial charge in [-0.25, -0.2) is 0 Å². The van der Waals surface area contributed by atoms with Gasteiger partial charge in [0.2, 0.25) is 0 Å². The van der Waals surface area contributed by atoms with Crippen molar-refractivity contribution in [1.29, 1.82) is 0 Å². The third-order valence-corrected chi connectivity index (χ3v) is 10.6. The number of methoxy groups -OCH3 is 1. The molecule has 4 nitrogen and oxygen atoms in total. The number of rotatable bonds is 6. The van der Waals surface area contributed by atoms with E-state index in [-0.39, 0.29) is 35.2 Å². The molecule has 4 aliphatic rings. The first-order chi connectivity index (χ1) is 20.2. The number of esters is 1. The summed E-state index contributed by atoms with van der Waals surface area (Å²) in [5.41, 5.74) is -0.758. The number of carbonyl (C=O) groups is 1. The number of alkyl halides is 6. The molecule has 1 unspecified atom stereocenters. The highest BCUT2D eigenvalue weighted by Crippen LogP contribution is 2.55. The number of hydrogen-bond acceptors (Lipinski definition) is 4. The molecule has 2 aliphatic heterocycles. The largest absolute Gasteiger partial charge is 0.486 e. The smallest absolute Gasteiger partial charge is 0.416 e. The summed E-state index contributed by atoms with van der Waals surface area (Å²) in [5, 5.41) is 0. The maximum absolute atomic E-state index is 13.9. The summed E-state index contributed by atoms with van der Waals surface area (Å²) in [6.45, 7) is 4.38. The summed E-state index contributed by atoms with van der Waals surface area (Å²) in [6.07, 6.45) is -4.07. The van der Waals surface area contributed by atoms with Gasteiger partial charge in [0, 0.05) is 31.0 Å². The summed E-state index contributed by atoms with van der Waals surface area (Å²) in [4.78, 5) is 14.4. The molecule has 2 aromatic rings. The summed E-state index contributed by atoms with van der Waals surface area (Å²) in [5.74, 6) is 0.823. The highest BCUT2D eigenvalue weighted by atomic mass is 19.4. The van der Waals surface area contributed by atoms with Gasteiger partial charge in [0.05, 0.1) is 24.2 Å². The molecule has 2 heterocycles. The minimum absolute atomic E-state index is 0.0361. The van der Waals surface area contributed by atoms with E-state index in [1.165, 1.54) is 7.11 Å². The zero-order chi connectivity index (χ0) is 30.9. The molecule has 0 amide bonds. The fourth-order valence-corrected chi connectivity index (χ4v) is 8.21. The van der Waals surface area contributed by atoms with Gasteiger partial charge < -0.3 is 9.47 Å². The van der Waals surface area contributed by atoms with Crippen molar-refractivity contribution in [3.8, 4) is 5.75 Å². The number of fused-ring (bicyclic) bond motifs is 1. The topological polar surface area (TPSA) is 38.8 Å². The van der Waals surface area contributed by atoms with E-state index in [1.54, 1.807) is 6.92 Å². The van der Waals surface area contributed by atoms with Gasteiger partial charge in [0.25, 0.3) is 0 Å². The minimum Gasteiger partial charge on any atom is -0.486 e. The Morgan fingerprint density at radius 2 is 1.63 bits per heavy atom. The van der Waals surface area contributed by atoms with E-state index >= 15 is 0 Å². The van der Waals surface area contributed by atoms with Crippen LogP contribution in [-0.2, 0) is 28.3 Å². The van der Waals surface area contributed by atoms with Crippen molar-refractivity contribution in [1.82, 2.24) is 4.90 Å². The number of ether oxygens (including phenoxy) is 2. The Kier molecular flexibility index (Phi) is 7.54. The predicted octanol–water partition coefficient (Wildman–Crippen LogP) is 8.19. The molecule has 0 aromatic heterocycles. The predicted molar refractivity (Wildman–Crippen MR) is 147 cm³/mol. The molecule has 1 spiro atoms. The lowest BCUT2D eigenvalue weighted by molar-refractivity contribution is -0.146. The van der Waals surface area contributed by atoms with Crippen molar-refractivity contribution < 1.29 is 40.6 Å². The van der Waals surface area contributed by atoms with E-state index in [4.69, 9.17) is 9.47 Å². The van der Waals surface area contributed by atoms with Crippen molar-refractivity contribution in [3.63, 3.8) is 0 Å². The van der Waals surface area contributed by atoms with Crippen molar-refractivity contribution in [2.45, 2.75) is 82.3 Å². The second kappa shape index (κ2) is 10.7. The SMILES string of the molecule is COC(=O)[C@@H](C)[C@H](c1ccc2c(c1)OC1(CC2)[C@@H]2CC[C@H]1CN([C@H](C)c1cc(C(F)(F)F)ccc1C(F)(F)F)C2)C1CC1. The van der Waals surface area contributed by atoms with Gasteiger partial charge in [0.1, 0.15) is 11.4 Å². The number of benzene rings is 2. The number of nitrogens with zero attached hydrogens (tertiary/aromatic N) is 1. The van der Waals surface area contributed by atoms with Crippen LogP contribution < -0.4 is 4.74 Å². The van der Waals surface area contributed by atoms with Crippen molar-refractivity contribution in [3.05, 3.63) is 64.2 Å². The molecule has 3 fully saturated rings. The molecule has 1 saturated heterocycles. The highest BCUT2D eigenvalue weighted by molar-refractivity contribution is 5.73.